The average molecular weight is 260 g/mol. The molecule has 7 heteroatoms. The van der Waals surface area contributed by atoms with E-state index in [4.69, 9.17) is 5.11 Å². The predicted molar refractivity (Wildman–Crippen MR) is 58.9 cm³/mol. The molecule has 0 aliphatic carbocycles. The SMILES string of the molecule is CCOC(=O)C(O)C(O)c1ccsc1C(=O)O. The molecule has 0 bridgehead atoms. The number of esters is 1. The molecule has 1 aromatic heterocycles. The Morgan fingerprint density at radius 2 is 2.12 bits per heavy atom. The van der Waals surface area contributed by atoms with E-state index in [1.807, 2.05) is 0 Å². The van der Waals surface area contributed by atoms with Crippen molar-refractivity contribution >= 4 is 23.3 Å². The molecule has 0 amide bonds. The second kappa shape index (κ2) is 5.76. The summed E-state index contributed by atoms with van der Waals surface area (Å²) in [7, 11) is 0. The molecule has 1 aromatic rings. The maximum Gasteiger partial charge on any atom is 0.346 e. The topological polar surface area (TPSA) is 104 Å². The zero-order chi connectivity index (χ0) is 13.0. The zero-order valence-corrected chi connectivity index (χ0v) is 9.81. The standard InChI is InChI=1S/C10H12O6S/c1-2-16-10(15)7(12)6(11)5-3-4-17-8(5)9(13)14/h3-4,6-7,11-12H,2H2,1H3,(H,13,14). The molecule has 17 heavy (non-hydrogen) atoms. The fourth-order valence-corrected chi connectivity index (χ4v) is 2.03. The van der Waals surface area contributed by atoms with Crippen molar-refractivity contribution in [1.82, 2.24) is 0 Å². The Morgan fingerprint density at radius 3 is 2.65 bits per heavy atom. The van der Waals surface area contributed by atoms with Crippen LogP contribution in [0.25, 0.3) is 0 Å². The Hall–Kier alpha value is -1.44. The normalized spacial score (nSPS) is 14.1. The summed E-state index contributed by atoms with van der Waals surface area (Å²) in [5.74, 6) is -2.20. The number of carbonyl (C=O) groups is 2. The van der Waals surface area contributed by atoms with Crippen molar-refractivity contribution in [3.8, 4) is 0 Å². The third-order valence-corrected chi connectivity index (χ3v) is 2.95. The molecule has 0 aliphatic rings. The van der Waals surface area contributed by atoms with Gasteiger partial charge in [-0.05, 0) is 18.4 Å². The fraction of sp³-hybridized carbons (Fsp3) is 0.400. The Bertz CT molecular complexity index is 413. The van der Waals surface area contributed by atoms with E-state index in [-0.39, 0.29) is 17.0 Å². The highest BCUT2D eigenvalue weighted by Gasteiger charge is 2.30. The minimum absolute atomic E-state index is 0.00283. The van der Waals surface area contributed by atoms with Crippen LogP contribution >= 0.6 is 11.3 Å². The molecule has 2 unspecified atom stereocenters. The summed E-state index contributed by atoms with van der Waals surface area (Å²) >= 11 is 0.906. The highest BCUT2D eigenvalue weighted by atomic mass is 32.1. The lowest BCUT2D eigenvalue weighted by Crippen LogP contribution is -2.30. The Kier molecular flexibility index (Phi) is 4.62. The summed E-state index contributed by atoms with van der Waals surface area (Å²) in [5, 5.41) is 29.5. The molecule has 0 fully saturated rings. The molecule has 0 radical (unpaired) electrons. The van der Waals surface area contributed by atoms with Crippen molar-refractivity contribution < 1.29 is 29.6 Å². The van der Waals surface area contributed by atoms with Crippen LogP contribution in [0.4, 0.5) is 0 Å². The van der Waals surface area contributed by atoms with Gasteiger partial charge in [0, 0.05) is 5.56 Å². The van der Waals surface area contributed by atoms with Crippen LogP contribution in [0.1, 0.15) is 28.3 Å². The van der Waals surface area contributed by atoms with E-state index in [2.05, 4.69) is 4.74 Å². The third-order valence-electron chi connectivity index (χ3n) is 2.04. The Labute approximate surface area is 101 Å². The van der Waals surface area contributed by atoms with Gasteiger partial charge in [0.05, 0.1) is 6.61 Å². The molecule has 0 saturated heterocycles. The highest BCUT2D eigenvalue weighted by Crippen LogP contribution is 2.26. The molecule has 1 rings (SSSR count). The minimum Gasteiger partial charge on any atom is -0.477 e. The maximum atomic E-state index is 11.2. The number of aliphatic hydroxyl groups is 2. The molecular weight excluding hydrogens is 248 g/mol. The number of carbonyl (C=O) groups excluding carboxylic acids is 1. The van der Waals surface area contributed by atoms with Gasteiger partial charge in [-0.15, -0.1) is 11.3 Å². The van der Waals surface area contributed by atoms with Gasteiger partial charge in [0.25, 0.3) is 0 Å². The van der Waals surface area contributed by atoms with Crippen molar-refractivity contribution in [2.45, 2.75) is 19.1 Å². The van der Waals surface area contributed by atoms with Gasteiger partial charge in [0.1, 0.15) is 11.0 Å². The second-order valence-electron chi connectivity index (χ2n) is 3.15. The van der Waals surface area contributed by atoms with E-state index in [0.29, 0.717) is 0 Å². The van der Waals surface area contributed by atoms with Gasteiger partial charge >= 0.3 is 11.9 Å². The zero-order valence-electron chi connectivity index (χ0n) is 8.99. The number of aromatic carboxylic acids is 1. The van der Waals surface area contributed by atoms with Crippen LogP contribution in [-0.2, 0) is 9.53 Å². The summed E-state index contributed by atoms with van der Waals surface area (Å²) < 4.78 is 4.53. The molecule has 3 N–H and O–H groups in total. The quantitative estimate of drug-likeness (QED) is 0.662. The Balaban J connectivity index is 2.88. The monoisotopic (exact) mass is 260 g/mol. The number of aliphatic hydroxyl groups excluding tert-OH is 2. The van der Waals surface area contributed by atoms with Crippen LogP contribution in [0, 0.1) is 0 Å². The molecule has 0 aromatic carbocycles. The van der Waals surface area contributed by atoms with E-state index < -0.39 is 24.1 Å². The van der Waals surface area contributed by atoms with Crippen molar-refractivity contribution in [3.05, 3.63) is 21.9 Å². The van der Waals surface area contributed by atoms with Gasteiger partial charge in [0.2, 0.25) is 0 Å². The van der Waals surface area contributed by atoms with E-state index in [1.54, 1.807) is 6.92 Å². The number of thiophene rings is 1. The van der Waals surface area contributed by atoms with Crippen LogP contribution in [0.15, 0.2) is 11.4 Å². The molecule has 0 spiro atoms. The van der Waals surface area contributed by atoms with Gasteiger partial charge < -0.3 is 20.1 Å². The summed E-state index contributed by atoms with van der Waals surface area (Å²) in [4.78, 5) is 21.9. The molecule has 94 valence electrons. The van der Waals surface area contributed by atoms with Gasteiger partial charge in [-0.2, -0.15) is 0 Å². The molecule has 1 heterocycles. The molecule has 6 nitrogen and oxygen atoms in total. The number of carboxylic acids is 1. The van der Waals surface area contributed by atoms with Gasteiger partial charge in [-0.25, -0.2) is 9.59 Å². The van der Waals surface area contributed by atoms with E-state index in [1.165, 1.54) is 11.4 Å². The van der Waals surface area contributed by atoms with Crippen molar-refractivity contribution in [3.63, 3.8) is 0 Å². The third kappa shape index (κ3) is 3.02. The van der Waals surface area contributed by atoms with Gasteiger partial charge in [0.15, 0.2) is 6.10 Å². The second-order valence-corrected chi connectivity index (χ2v) is 4.07. The maximum absolute atomic E-state index is 11.2. The summed E-state index contributed by atoms with van der Waals surface area (Å²) in [6, 6.07) is 1.35. The largest absolute Gasteiger partial charge is 0.477 e. The van der Waals surface area contributed by atoms with Gasteiger partial charge in [-0.1, -0.05) is 0 Å². The van der Waals surface area contributed by atoms with E-state index in [9.17, 15) is 19.8 Å². The number of ether oxygens (including phenoxy) is 1. The van der Waals surface area contributed by atoms with Crippen molar-refractivity contribution in [1.29, 1.82) is 0 Å². The first-order chi connectivity index (χ1) is 7.99. The first-order valence-corrected chi connectivity index (χ1v) is 5.70. The number of hydrogen-bond donors (Lipinski definition) is 3. The molecule has 0 aliphatic heterocycles. The van der Waals surface area contributed by atoms with Crippen LogP contribution in [0.2, 0.25) is 0 Å². The van der Waals surface area contributed by atoms with Crippen molar-refractivity contribution in [2.75, 3.05) is 6.61 Å². The smallest absolute Gasteiger partial charge is 0.346 e. The first kappa shape index (κ1) is 13.6. The Morgan fingerprint density at radius 1 is 1.47 bits per heavy atom. The van der Waals surface area contributed by atoms with E-state index >= 15 is 0 Å². The first-order valence-electron chi connectivity index (χ1n) is 4.82. The van der Waals surface area contributed by atoms with Crippen LogP contribution < -0.4 is 0 Å². The average Bonchev–Trinajstić information content (AvgIpc) is 2.76. The lowest BCUT2D eigenvalue weighted by atomic mass is 10.1. The lowest BCUT2D eigenvalue weighted by molar-refractivity contribution is -0.159. The predicted octanol–water partition coefficient (Wildman–Crippen LogP) is 0.404. The summed E-state index contributed by atoms with van der Waals surface area (Å²) in [6.45, 7) is 1.63. The van der Waals surface area contributed by atoms with Crippen molar-refractivity contribution in [2.24, 2.45) is 0 Å². The number of carboxylic acid groups (broad SMARTS) is 1. The lowest BCUT2D eigenvalue weighted by Gasteiger charge is -2.16. The highest BCUT2D eigenvalue weighted by molar-refractivity contribution is 7.12. The molecule has 0 saturated carbocycles. The van der Waals surface area contributed by atoms with E-state index in [0.717, 1.165) is 11.3 Å². The summed E-state index contributed by atoms with van der Waals surface area (Å²) in [6.07, 6.45) is -3.39. The molecule has 2 atom stereocenters. The number of rotatable bonds is 5. The van der Waals surface area contributed by atoms with Crippen LogP contribution in [0.3, 0.4) is 0 Å². The molecular formula is C10H12O6S. The minimum atomic E-state index is -1.79. The fourth-order valence-electron chi connectivity index (χ4n) is 1.25. The van der Waals surface area contributed by atoms with Crippen LogP contribution in [0.5, 0.6) is 0 Å². The van der Waals surface area contributed by atoms with Gasteiger partial charge in [-0.3, -0.25) is 0 Å². The van der Waals surface area contributed by atoms with Crippen LogP contribution in [-0.4, -0.2) is 40.0 Å². The number of hydrogen-bond acceptors (Lipinski definition) is 6. The summed E-state index contributed by atoms with van der Waals surface area (Å²) in [5.41, 5.74) is 0.00283.